The van der Waals surface area contributed by atoms with E-state index in [0.717, 1.165) is 11.3 Å². The summed E-state index contributed by atoms with van der Waals surface area (Å²) in [5, 5.41) is -0.198. The van der Waals surface area contributed by atoms with Gasteiger partial charge in [0.25, 0.3) is 0 Å². The van der Waals surface area contributed by atoms with Crippen molar-refractivity contribution in [3.8, 4) is 0 Å². The van der Waals surface area contributed by atoms with Gasteiger partial charge in [0.1, 0.15) is 0 Å². The topological polar surface area (TPSA) is 0 Å². The van der Waals surface area contributed by atoms with Crippen LogP contribution in [0.15, 0.2) is 6.07 Å². The van der Waals surface area contributed by atoms with E-state index in [1.807, 2.05) is 20.8 Å². The van der Waals surface area contributed by atoms with Gasteiger partial charge < -0.3 is 0 Å². The number of fused-ring (bicyclic) bond motifs is 1. The number of hydrogen-bond acceptors (Lipinski definition) is 1. The Morgan fingerprint density at radius 3 is 1.94 bits per heavy atom. The molecule has 5 heteroatoms. The molecule has 2 rings (SSSR count). The van der Waals surface area contributed by atoms with Crippen molar-refractivity contribution >= 4 is 21.4 Å². The van der Waals surface area contributed by atoms with Crippen molar-refractivity contribution in [3.63, 3.8) is 0 Å². The maximum absolute atomic E-state index is 13.5. The highest BCUT2D eigenvalue weighted by Gasteiger charge is 2.25. The zero-order valence-corrected chi connectivity index (χ0v) is 10.3. The summed E-state index contributed by atoms with van der Waals surface area (Å²) >= 11 is 0.946. The Hall–Kier alpha value is -1.10. The molecule has 0 atom stereocenters. The highest BCUT2D eigenvalue weighted by molar-refractivity contribution is 7.19. The van der Waals surface area contributed by atoms with Gasteiger partial charge in [-0.3, -0.25) is 0 Å². The molecule has 0 aliphatic rings. The lowest BCUT2D eigenvalue weighted by molar-refractivity contribution is 0.418. The van der Waals surface area contributed by atoms with E-state index >= 15 is 0 Å². The first kappa shape index (κ1) is 12.4. The Morgan fingerprint density at radius 2 is 1.41 bits per heavy atom. The Balaban J connectivity index is 2.86. The van der Waals surface area contributed by atoms with Crippen molar-refractivity contribution in [1.29, 1.82) is 0 Å². The number of rotatable bonds is 0. The average Bonchev–Trinajstić information content (AvgIpc) is 2.67. The van der Waals surface area contributed by atoms with Gasteiger partial charge in [0.05, 0.1) is 4.70 Å². The Labute approximate surface area is 99.9 Å². The van der Waals surface area contributed by atoms with Gasteiger partial charge in [0.15, 0.2) is 23.3 Å². The van der Waals surface area contributed by atoms with Crippen LogP contribution in [0.5, 0.6) is 0 Å². The molecule has 0 unspecified atom stereocenters. The first-order chi connectivity index (χ1) is 7.73. The third kappa shape index (κ3) is 1.82. The lowest BCUT2D eigenvalue weighted by atomic mass is 9.94. The molecule has 0 aliphatic carbocycles. The van der Waals surface area contributed by atoms with Gasteiger partial charge in [-0.05, 0) is 11.5 Å². The predicted octanol–water partition coefficient (Wildman–Crippen LogP) is 4.76. The molecule has 2 aromatic rings. The van der Waals surface area contributed by atoms with Crippen LogP contribution in [0.25, 0.3) is 10.1 Å². The maximum Gasteiger partial charge on any atom is 0.198 e. The molecule has 0 N–H and O–H groups in total. The molecular formula is C12H10F4S. The van der Waals surface area contributed by atoms with Gasteiger partial charge in [-0.1, -0.05) is 20.8 Å². The lowest BCUT2D eigenvalue weighted by Crippen LogP contribution is -2.07. The highest BCUT2D eigenvalue weighted by atomic mass is 32.1. The van der Waals surface area contributed by atoms with Crippen LogP contribution in [0.1, 0.15) is 25.6 Å². The first-order valence-electron chi connectivity index (χ1n) is 4.99. The average molecular weight is 262 g/mol. The Kier molecular flexibility index (Phi) is 2.69. The summed E-state index contributed by atoms with van der Waals surface area (Å²) in [4.78, 5) is 0.676. The SMILES string of the molecule is CC(C)(C)c1cc2c(F)c(F)c(F)c(F)c2s1. The monoisotopic (exact) mass is 262 g/mol. The highest BCUT2D eigenvalue weighted by Crippen LogP contribution is 2.38. The molecule has 0 saturated carbocycles. The van der Waals surface area contributed by atoms with Crippen molar-refractivity contribution in [3.05, 3.63) is 34.2 Å². The van der Waals surface area contributed by atoms with E-state index < -0.39 is 23.3 Å². The fourth-order valence-corrected chi connectivity index (χ4v) is 2.64. The number of halogens is 4. The van der Waals surface area contributed by atoms with Gasteiger partial charge in [0, 0.05) is 10.3 Å². The quantitative estimate of drug-likeness (QED) is 0.365. The minimum Gasteiger partial charge on any atom is -0.203 e. The van der Waals surface area contributed by atoms with Crippen LogP contribution in [0.2, 0.25) is 0 Å². The van der Waals surface area contributed by atoms with Crippen LogP contribution >= 0.6 is 11.3 Å². The molecule has 0 radical (unpaired) electrons. The molecule has 0 nitrogen and oxygen atoms in total. The molecule has 0 amide bonds. The second kappa shape index (κ2) is 3.70. The Morgan fingerprint density at radius 1 is 0.882 bits per heavy atom. The molecule has 0 bridgehead atoms. The van der Waals surface area contributed by atoms with Crippen LogP contribution in [-0.4, -0.2) is 0 Å². The van der Waals surface area contributed by atoms with E-state index in [9.17, 15) is 17.6 Å². The first-order valence-corrected chi connectivity index (χ1v) is 5.81. The zero-order chi connectivity index (χ0) is 13.0. The van der Waals surface area contributed by atoms with E-state index in [1.165, 1.54) is 6.07 Å². The third-order valence-electron chi connectivity index (χ3n) is 2.49. The molecule has 1 heterocycles. The molecule has 17 heavy (non-hydrogen) atoms. The minimum atomic E-state index is -1.76. The molecule has 1 aromatic carbocycles. The van der Waals surface area contributed by atoms with Crippen molar-refractivity contribution < 1.29 is 17.6 Å². The smallest absolute Gasteiger partial charge is 0.198 e. The summed E-state index contributed by atoms with van der Waals surface area (Å²) < 4.78 is 52.8. The molecule has 92 valence electrons. The largest absolute Gasteiger partial charge is 0.203 e. The van der Waals surface area contributed by atoms with Crippen LogP contribution in [0.3, 0.4) is 0 Å². The fourth-order valence-electron chi connectivity index (χ4n) is 1.50. The van der Waals surface area contributed by atoms with Crippen molar-refractivity contribution in [1.82, 2.24) is 0 Å². The van der Waals surface area contributed by atoms with Gasteiger partial charge in [-0.25, -0.2) is 17.6 Å². The van der Waals surface area contributed by atoms with Gasteiger partial charge in [-0.2, -0.15) is 0 Å². The molecule has 0 aliphatic heterocycles. The molecule has 0 spiro atoms. The molecule has 1 aromatic heterocycles. The standard InChI is InChI=1S/C12H10F4S/c1-12(2,3)6-4-5-7(13)8(14)9(15)10(16)11(5)17-6/h4H,1-3H3. The van der Waals surface area contributed by atoms with Crippen molar-refractivity contribution in [2.75, 3.05) is 0 Å². The van der Waals surface area contributed by atoms with E-state index in [2.05, 4.69) is 0 Å². The third-order valence-corrected chi connectivity index (χ3v) is 4.04. The second-order valence-electron chi connectivity index (χ2n) is 4.86. The van der Waals surface area contributed by atoms with Crippen LogP contribution in [-0.2, 0) is 5.41 Å². The van der Waals surface area contributed by atoms with Crippen LogP contribution in [0, 0.1) is 23.3 Å². The summed E-state index contributed by atoms with van der Waals surface area (Å²) in [6, 6.07) is 1.38. The minimum absolute atomic E-state index is 0.175. The van der Waals surface area contributed by atoms with Gasteiger partial charge >= 0.3 is 0 Å². The number of hydrogen-bond donors (Lipinski definition) is 0. The summed E-state index contributed by atoms with van der Waals surface area (Å²) in [5.41, 5.74) is -0.324. The molecular weight excluding hydrogens is 252 g/mol. The predicted molar refractivity (Wildman–Crippen MR) is 60.4 cm³/mol. The van der Waals surface area contributed by atoms with Crippen molar-refractivity contribution in [2.24, 2.45) is 0 Å². The van der Waals surface area contributed by atoms with E-state index in [1.54, 1.807) is 0 Å². The summed E-state index contributed by atoms with van der Waals surface area (Å²) in [5.74, 6) is -6.16. The molecule has 0 saturated heterocycles. The summed E-state index contributed by atoms with van der Waals surface area (Å²) in [7, 11) is 0. The lowest BCUT2D eigenvalue weighted by Gasteiger charge is -2.14. The van der Waals surface area contributed by atoms with Crippen LogP contribution in [0.4, 0.5) is 17.6 Å². The number of benzene rings is 1. The number of thiophene rings is 1. The zero-order valence-electron chi connectivity index (χ0n) is 9.50. The van der Waals surface area contributed by atoms with Gasteiger partial charge in [-0.15, -0.1) is 11.3 Å². The van der Waals surface area contributed by atoms with E-state index in [-0.39, 0.29) is 15.5 Å². The molecule has 0 fully saturated rings. The summed E-state index contributed by atoms with van der Waals surface area (Å²) in [6.45, 7) is 5.58. The second-order valence-corrected chi connectivity index (χ2v) is 5.91. The van der Waals surface area contributed by atoms with E-state index in [4.69, 9.17) is 0 Å². The van der Waals surface area contributed by atoms with Gasteiger partial charge in [0.2, 0.25) is 0 Å². The normalized spacial score (nSPS) is 12.4. The Bertz CT molecular complexity index is 548. The van der Waals surface area contributed by atoms with Crippen LogP contribution < -0.4 is 0 Å². The summed E-state index contributed by atoms with van der Waals surface area (Å²) in [6.07, 6.45) is 0. The van der Waals surface area contributed by atoms with Crippen molar-refractivity contribution in [2.45, 2.75) is 26.2 Å². The fraction of sp³-hybridized carbons (Fsp3) is 0.333. The van der Waals surface area contributed by atoms with E-state index in [0.29, 0.717) is 4.88 Å². The maximum atomic E-state index is 13.5.